The van der Waals surface area contributed by atoms with Crippen LogP contribution in [0.15, 0.2) is 9.85 Å². The van der Waals surface area contributed by atoms with Crippen LogP contribution in [0.4, 0.5) is 0 Å². The normalized spacial score (nSPS) is 20.1. The van der Waals surface area contributed by atoms with E-state index in [0.29, 0.717) is 12.6 Å². The molecule has 0 saturated heterocycles. The number of nitrogens with one attached hydrogen (secondary N) is 1. The third-order valence-electron chi connectivity index (χ3n) is 2.53. The van der Waals surface area contributed by atoms with Gasteiger partial charge in [-0.3, -0.25) is 5.32 Å². The molecule has 2 rings (SSSR count). The summed E-state index contributed by atoms with van der Waals surface area (Å²) in [5.41, 5.74) is 1.45. The SMILES string of the molecule is C#CCNC1CCCc2sc(Br)cc21. The first-order valence-corrected chi connectivity index (χ1v) is 6.37. The molecule has 0 radical (unpaired) electrons. The third kappa shape index (κ3) is 2.03. The summed E-state index contributed by atoms with van der Waals surface area (Å²) in [4.78, 5) is 1.51. The average Bonchev–Trinajstić information content (AvgIpc) is 2.55. The van der Waals surface area contributed by atoms with Gasteiger partial charge in [0.05, 0.1) is 10.3 Å². The number of thiophene rings is 1. The lowest BCUT2D eigenvalue weighted by molar-refractivity contribution is 0.488. The minimum atomic E-state index is 0.470. The molecule has 0 aliphatic heterocycles. The highest BCUT2D eigenvalue weighted by atomic mass is 79.9. The number of rotatable bonds is 2. The molecule has 1 aromatic rings. The van der Waals surface area contributed by atoms with E-state index in [1.807, 2.05) is 11.3 Å². The maximum absolute atomic E-state index is 5.25. The van der Waals surface area contributed by atoms with Gasteiger partial charge in [0.15, 0.2) is 0 Å². The average molecular weight is 270 g/mol. The molecule has 3 heteroatoms. The topological polar surface area (TPSA) is 12.0 Å². The Morgan fingerprint density at radius 1 is 1.71 bits per heavy atom. The molecule has 0 bridgehead atoms. The molecule has 0 fully saturated rings. The Kier molecular flexibility index (Phi) is 3.27. The molecule has 1 atom stereocenters. The van der Waals surface area contributed by atoms with Gasteiger partial charge < -0.3 is 0 Å². The summed E-state index contributed by atoms with van der Waals surface area (Å²) >= 11 is 5.39. The fourth-order valence-electron chi connectivity index (χ4n) is 1.92. The Morgan fingerprint density at radius 3 is 3.36 bits per heavy atom. The number of aryl methyl sites for hydroxylation is 1. The molecule has 74 valence electrons. The Balaban J connectivity index is 2.18. The molecule has 1 aromatic heterocycles. The van der Waals surface area contributed by atoms with Crippen molar-refractivity contribution >= 4 is 27.3 Å². The zero-order valence-corrected chi connectivity index (χ0v) is 10.2. The summed E-state index contributed by atoms with van der Waals surface area (Å²) in [7, 11) is 0. The minimum Gasteiger partial charge on any atom is -0.299 e. The van der Waals surface area contributed by atoms with Gasteiger partial charge in [0.2, 0.25) is 0 Å². The van der Waals surface area contributed by atoms with E-state index in [0.717, 1.165) is 0 Å². The van der Waals surface area contributed by atoms with Crippen LogP contribution in [0.5, 0.6) is 0 Å². The number of hydrogen-bond acceptors (Lipinski definition) is 2. The molecule has 1 heterocycles. The first kappa shape index (κ1) is 10.2. The second-order valence-corrected chi connectivity index (χ2v) is 5.97. The molecular formula is C11H12BrNS. The quantitative estimate of drug-likeness (QED) is 0.814. The number of halogens is 1. The molecule has 0 saturated carbocycles. The maximum Gasteiger partial charge on any atom is 0.0704 e. The van der Waals surface area contributed by atoms with E-state index in [1.165, 1.54) is 33.5 Å². The highest BCUT2D eigenvalue weighted by Crippen LogP contribution is 2.37. The van der Waals surface area contributed by atoms with Crippen LogP contribution in [0.2, 0.25) is 0 Å². The number of fused-ring (bicyclic) bond motifs is 1. The van der Waals surface area contributed by atoms with E-state index in [9.17, 15) is 0 Å². The van der Waals surface area contributed by atoms with Crippen molar-refractivity contribution in [2.45, 2.75) is 25.3 Å². The summed E-state index contributed by atoms with van der Waals surface area (Å²) in [6.45, 7) is 0.664. The summed E-state index contributed by atoms with van der Waals surface area (Å²) in [6, 6.07) is 2.70. The van der Waals surface area contributed by atoms with Crippen molar-refractivity contribution in [1.82, 2.24) is 5.32 Å². The molecule has 14 heavy (non-hydrogen) atoms. The monoisotopic (exact) mass is 269 g/mol. The highest BCUT2D eigenvalue weighted by molar-refractivity contribution is 9.11. The smallest absolute Gasteiger partial charge is 0.0704 e. The molecule has 0 amide bonds. The summed E-state index contributed by atoms with van der Waals surface area (Å²) < 4.78 is 1.23. The van der Waals surface area contributed by atoms with Gasteiger partial charge in [0.1, 0.15) is 0 Å². The predicted octanol–water partition coefficient (Wildman–Crippen LogP) is 3.11. The van der Waals surface area contributed by atoms with Crippen LogP contribution >= 0.6 is 27.3 Å². The molecule has 1 N–H and O–H groups in total. The van der Waals surface area contributed by atoms with Crippen LogP contribution in [0.3, 0.4) is 0 Å². The highest BCUT2D eigenvalue weighted by Gasteiger charge is 2.21. The van der Waals surface area contributed by atoms with Crippen LogP contribution in [-0.2, 0) is 6.42 Å². The van der Waals surface area contributed by atoms with Gasteiger partial charge in [-0.1, -0.05) is 5.92 Å². The van der Waals surface area contributed by atoms with Crippen molar-refractivity contribution in [1.29, 1.82) is 0 Å². The van der Waals surface area contributed by atoms with Crippen molar-refractivity contribution in [2.24, 2.45) is 0 Å². The first-order valence-electron chi connectivity index (χ1n) is 4.76. The molecular weight excluding hydrogens is 258 g/mol. The fourth-order valence-corrected chi connectivity index (χ4v) is 3.74. The van der Waals surface area contributed by atoms with Gasteiger partial charge in [0.25, 0.3) is 0 Å². The molecule has 1 nitrogen and oxygen atoms in total. The van der Waals surface area contributed by atoms with E-state index in [-0.39, 0.29) is 0 Å². The van der Waals surface area contributed by atoms with E-state index in [1.54, 1.807) is 0 Å². The molecule has 1 aliphatic rings. The van der Waals surface area contributed by atoms with Crippen LogP contribution in [-0.4, -0.2) is 6.54 Å². The predicted molar refractivity (Wildman–Crippen MR) is 64.5 cm³/mol. The van der Waals surface area contributed by atoms with Crippen molar-refractivity contribution < 1.29 is 0 Å². The molecule has 0 aromatic carbocycles. The van der Waals surface area contributed by atoms with Crippen molar-refractivity contribution in [3.8, 4) is 12.3 Å². The van der Waals surface area contributed by atoms with Crippen LogP contribution in [0, 0.1) is 12.3 Å². The van der Waals surface area contributed by atoms with E-state index >= 15 is 0 Å². The zero-order valence-electron chi connectivity index (χ0n) is 7.85. The van der Waals surface area contributed by atoms with Gasteiger partial charge in [0, 0.05) is 10.9 Å². The fraction of sp³-hybridized carbons (Fsp3) is 0.455. The van der Waals surface area contributed by atoms with E-state index in [4.69, 9.17) is 6.42 Å². The Hall–Kier alpha value is -0.300. The lowest BCUT2D eigenvalue weighted by atomic mass is 9.94. The van der Waals surface area contributed by atoms with E-state index < -0.39 is 0 Å². The van der Waals surface area contributed by atoms with Gasteiger partial charge >= 0.3 is 0 Å². The molecule has 0 spiro atoms. The van der Waals surface area contributed by atoms with Crippen LogP contribution < -0.4 is 5.32 Å². The van der Waals surface area contributed by atoms with Crippen molar-refractivity contribution in [2.75, 3.05) is 6.54 Å². The molecule has 1 unspecified atom stereocenters. The second-order valence-electron chi connectivity index (χ2n) is 3.46. The largest absolute Gasteiger partial charge is 0.299 e. The summed E-state index contributed by atoms with van der Waals surface area (Å²) in [6.07, 6.45) is 8.95. The van der Waals surface area contributed by atoms with Crippen LogP contribution in [0.1, 0.15) is 29.3 Å². The Labute approximate surface area is 97.0 Å². The maximum atomic E-state index is 5.25. The Bertz CT molecular complexity index is 364. The first-order chi connectivity index (χ1) is 6.81. The Morgan fingerprint density at radius 2 is 2.57 bits per heavy atom. The van der Waals surface area contributed by atoms with E-state index in [2.05, 4.69) is 33.2 Å². The van der Waals surface area contributed by atoms with Gasteiger partial charge in [-0.05, 0) is 46.8 Å². The lowest BCUT2D eigenvalue weighted by Crippen LogP contribution is -2.24. The van der Waals surface area contributed by atoms with Gasteiger partial charge in [-0.2, -0.15) is 0 Å². The number of terminal acetylenes is 1. The lowest BCUT2D eigenvalue weighted by Gasteiger charge is -2.22. The minimum absolute atomic E-state index is 0.470. The number of hydrogen-bond donors (Lipinski definition) is 1. The zero-order chi connectivity index (χ0) is 9.97. The van der Waals surface area contributed by atoms with Gasteiger partial charge in [-0.15, -0.1) is 17.8 Å². The molecule has 1 aliphatic carbocycles. The van der Waals surface area contributed by atoms with Gasteiger partial charge in [-0.25, -0.2) is 0 Å². The van der Waals surface area contributed by atoms with Crippen molar-refractivity contribution in [3.63, 3.8) is 0 Å². The summed E-state index contributed by atoms with van der Waals surface area (Å²) in [5.74, 6) is 2.63. The van der Waals surface area contributed by atoms with Crippen LogP contribution in [0.25, 0.3) is 0 Å². The van der Waals surface area contributed by atoms with Crippen molar-refractivity contribution in [3.05, 3.63) is 20.3 Å². The third-order valence-corrected chi connectivity index (χ3v) is 4.25. The summed E-state index contributed by atoms with van der Waals surface area (Å²) in [5, 5.41) is 3.39. The second kappa shape index (κ2) is 4.48. The standard InChI is InChI=1S/C11H12BrNS/c1-2-6-13-9-4-3-5-10-8(9)7-11(12)14-10/h1,7,9,13H,3-6H2.